The van der Waals surface area contributed by atoms with Gasteiger partial charge in [-0.2, -0.15) is 0 Å². The molecule has 1 aliphatic heterocycles. The number of ketones is 1. The van der Waals surface area contributed by atoms with Crippen LogP contribution in [0.15, 0.2) is 18.2 Å². The molecule has 0 spiro atoms. The van der Waals surface area contributed by atoms with Gasteiger partial charge in [-0.05, 0) is 43.4 Å². The molecule has 0 saturated carbocycles. The highest BCUT2D eigenvalue weighted by atomic mass is 16.5. The monoisotopic (exact) mass is 368 g/mol. The molecule has 146 valence electrons. The summed E-state index contributed by atoms with van der Waals surface area (Å²) in [6.07, 6.45) is 5.51. The van der Waals surface area contributed by atoms with E-state index in [0.717, 1.165) is 55.7 Å². The molecular weight excluding hydrogens is 336 g/mol. The number of carbonyl (C=O) groups is 1. The Balaban J connectivity index is 2.12. The molecular formula is C23H32N2O2. The van der Waals surface area contributed by atoms with Crippen molar-refractivity contribution in [3.05, 3.63) is 40.7 Å². The quantitative estimate of drug-likeness (QED) is 0.645. The summed E-state index contributed by atoms with van der Waals surface area (Å²) in [7, 11) is 0. The van der Waals surface area contributed by atoms with Crippen molar-refractivity contribution in [2.45, 2.75) is 78.9 Å². The van der Waals surface area contributed by atoms with Crippen LogP contribution in [0.25, 0.3) is 11.4 Å². The van der Waals surface area contributed by atoms with Gasteiger partial charge in [-0.3, -0.25) is 4.79 Å². The van der Waals surface area contributed by atoms with Crippen LogP contribution in [0.2, 0.25) is 0 Å². The number of imidazole rings is 1. The largest absolute Gasteiger partial charge is 0.376 e. The van der Waals surface area contributed by atoms with Crippen molar-refractivity contribution < 1.29 is 9.53 Å². The summed E-state index contributed by atoms with van der Waals surface area (Å²) in [5, 5.41) is 0. The van der Waals surface area contributed by atoms with Gasteiger partial charge in [-0.25, -0.2) is 4.98 Å². The Morgan fingerprint density at radius 1 is 1.22 bits per heavy atom. The number of Topliss-reactive ketones (excluding diaryl/α,β-unsaturated/α-hetero) is 1. The van der Waals surface area contributed by atoms with Crippen LogP contribution in [0, 0.1) is 0 Å². The summed E-state index contributed by atoms with van der Waals surface area (Å²) < 4.78 is 8.10. The summed E-state index contributed by atoms with van der Waals surface area (Å²) in [4.78, 5) is 17.6. The SMILES string of the molecule is CCCC(=O)c1nc(-c2ccc(CC)c(CCC)c2)n2c1CCO[C@H](C)C2. The third-order valence-electron chi connectivity index (χ3n) is 5.36. The predicted molar refractivity (Wildman–Crippen MR) is 109 cm³/mol. The molecule has 0 unspecified atom stereocenters. The summed E-state index contributed by atoms with van der Waals surface area (Å²) in [5.41, 5.74) is 5.61. The summed E-state index contributed by atoms with van der Waals surface area (Å²) in [6.45, 7) is 9.95. The smallest absolute Gasteiger partial charge is 0.183 e. The maximum absolute atomic E-state index is 12.7. The Bertz CT molecular complexity index is 807. The lowest BCUT2D eigenvalue weighted by molar-refractivity contribution is 0.0666. The van der Waals surface area contributed by atoms with E-state index in [1.807, 2.05) is 6.92 Å². The molecule has 2 heterocycles. The zero-order valence-corrected chi connectivity index (χ0v) is 17.2. The number of nitrogens with zero attached hydrogens (tertiary/aromatic N) is 2. The number of fused-ring (bicyclic) bond motifs is 1. The molecule has 1 aromatic carbocycles. The molecule has 0 N–H and O–H groups in total. The zero-order valence-electron chi connectivity index (χ0n) is 17.2. The third kappa shape index (κ3) is 4.16. The van der Waals surface area contributed by atoms with E-state index in [4.69, 9.17) is 9.72 Å². The predicted octanol–water partition coefficient (Wildman–Crippen LogP) is 5.01. The number of rotatable bonds is 7. The highest BCUT2D eigenvalue weighted by Gasteiger charge is 2.26. The standard InChI is InChI=1S/C23H32N2O2/c1-5-8-18-14-19(11-10-17(18)7-3)23-24-22(21(26)9-6-2)20-12-13-27-16(4)15-25(20)23/h10-11,14,16H,5-9,12-13,15H2,1-4H3/t16-/m1/s1. The number of aromatic nitrogens is 2. The van der Waals surface area contributed by atoms with E-state index in [2.05, 4.69) is 43.5 Å². The highest BCUT2D eigenvalue weighted by molar-refractivity contribution is 5.96. The van der Waals surface area contributed by atoms with Gasteiger partial charge >= 0.3 is 0 Å². The molecule has 2 aromatic rings. The first-order chi connectivity index (χ1) is 13.1. The first-order valence-electron chi connectivity index (χ1n) is 10.4. The summed E-state index contributed by atoms with van der Waals surface area (Å²) >= 11 is 0. The van der Waals surface area contributed by atoms with Crippen LogP contribution in [0.1, 0.15) is 74.3 Å². The molecule has 0 bridgehead atoms. The second-order valence-electron chi connectivity index (χ2n) is 7.53. The molecule has 3 rings (SSSR count). The van der Waals surface area contributed by atoms with Crippen LogP contribution < -0.4 is 0 Å². The molecule has 1 aliphatic rings. The van der Waals surface area contributed by atoms with Crippen LogP contribution in [-0.4, -0.2) is 28.0 Å². The lowest BCUT2D eigenvalue weighted by Crippen LogP contribution is -2.15. The topological polar surface area (TPSA) is 44.1 Å². The van der Waals surface area contributed by atoms with Crippen LogP contribution in [-0.2, 0) is 30.5 Å². The minimum absolute atomic E-state index is 0.123. The normalized spacial score (nSPS) is 16.8. The van der Waals surface area contributed by atoms with Gasteiger partial charge in [0.15, 0.2) is 5.78 Å². The van der Waals surface area contributed by atoms with E-state index in [-0.39, 0.29) is 11.9 Å². The van der Waals surface area contributed by atoms with Gasteiger partial charge in [0.05, 0.1) is 24.9 Å². The van der Waals surface area contributed by atoms with E-state index >= 15 is 0 Å². The van der Waals surface area contributed by atoms with E-state index in [1.165, 1.54) is 11.1 Å². The maximum atomic E-state index is 12.7. The van der Waals surface area contributed by atoms with Crippen molar-refractivity contribution in [3.63, 3.8) is 0 Å². The van der Waals surface area contributed by atoms with Crippen LogP contribution in [0.4, 0.5) is 0 Å². The van der Waals surface area contributed by atoms with Gasteiger partial charge in [0.2, 0.25) is 0 Å². The fourth-order valence-electron chi connectivity index (χ4n) is 4.00. The Hall–Kier alpha value is -1.94. The number of hydrogen-bond acceptors (Lipinski definition) is 3. The van der Waals surface area contributed by atoms with Crippen molar-refractivity contribution in [2.24, 2.45) is 0 Å². The fourth-order valence-corrected chi connectivity index (χ4v) is 4.00. The first kappa shape index (κ1) is 19.8. The van der Waals surface area contributed by atoms with Crippen molar-refractivity contribution in [2.75, 3.05) is 6.61 Å². The van der Waals surface area contributed by atoms with E-state index < -0.39 is 0 Å². The average Bonchev–Trinajstić information content (AvgIpc) is 2.89. The minimum Gasteiger partial charge on any atom is -0.376 e. The van der Waals surface area contributed by atoms with Crippen LogP contribution in [0.3, 0.4) is 0 Å². The first-order valence-corrected chi connectivity index (χ1v) is 10.4. The van der Waals surface area contributed by atoms with Gasteiger partial charge in [0, 0.05) is 18.4 Å². The Kier molecular flexibility index (Phi) is 6.48. The van der Waals surface area contributed by atoms with Crippen molar-refractivity contribution in [3.8, 4) is 11.4 Å². The zero-order chi connectivity index (χ0) is 19.4. The van der Waals surface area contributed by atoms with Gasteiger partial charge < -0.3 is 9.30 Å². The Morgan fingerprint density at radius 3 is 2.74 bits per heavy atom. The number of aryl methyl sites for hydroxylation is 2. The van der Waals surface area contributed by atoms with Crippen LogP contribution >= 0.6 is 0 Å². The maximum Gasteiger partial charge on any atom is 0.183 e. The molecule has 0 amide bonds. The number of benzene rings is 1. The van der Waals surface area contributed by atoms with Crippen molar-refractivity contribution in [1.82, 2.24) is 9.55 Å². The fraction of sp³-hybridized carbons (Fsp3) is 0.565. The molecule has 0 radical (unpaired) electrons. The van der Waals surface area contributed by atoms with Gasteiger partial charge in [-0.1, -0.05) is 39.3 Å². The van der Waals surface area contributed by atoms with E-state index in [0.29, 0.717) is 18.7 Å². The van der Waals surface area contributed by atoms with Gasteiger partial charge in [-0.15, -0.1) is 0 Å². The molecule has 1 atom stereocenters. The minimum atomic E-state index is 0.123. The lowest BCUT2D eigenvalue weighted by Gasteiger charge is -2.14. The molecule has 27 heavy (non-hydrogen) atoms. The lowest BCUT2D eigenvalue weighted by atomic mass is 9.98. The number of hydrogen-bond donors (Lipinski definition) is 0. The Morgan fingerprint density at radius 2 is 2.04 bits per heavy atom. The average molecular weight is 369 g/mol. The second-order valence-corrected chi connectivity index (χ2v) is 7.53. The van der Waals surface area contributed by atoms with Gasteiger partial charge in [0.1, 0.15) is 11.5 Å². The van der Waals surface area contributed by atoms with Gasteiger partial charge in [0.25, 0.3) is 0 Å². The summed E-state index contributed by atoms with van der Waals surface area (Å²) in [6, 6.07) is 6.67. The van der Waals surface area contributed by atoms with Crippen molar-refractivity contribution in [1.29, 1.82) is 0 Å². The summed E-state index contributed by atoms with van der Waals surface area (Å²) in [5.74, 6) is 1.07. The number of carbonyl (C=O) groups excluding carboxylic acids is 1. The molecule has 0 saturated heterocycles. The third-order valence-corrected chi connectivity index (χ3v) is 5.36. The molecule has 4 nitrogen and oxygen atoms in total. The highest BCUT2D eigenvalue weighted by Crippen LogP contribution is 2.29. The van der Waals surface area contributed by atoms with Crippen molar-refractivity contribution >= 4 is 5.78 Å². The van der Waals surface area contributed by atoms with E-state index in [9.17, 15) is 4.79 Å². The number of ether oxygens (including phenoxy) is 1. The molecule has 0 aliphatic carbocycles. The van der Waals surface area contributed by atoms with E-state index in [1.54, 1.807) is 0 Å². The Labute approximate surface area is 163 Å². The van der Waals surface area contributed by atoms with Crippen LogP contribution in [0.5, 0.6) is 0 Å². The molecule has 4 heteroatoms. The molecule has 0 fully saturated rings. The molecule has 1 aromatic heterocycles. The second kappa shape index (κ2) is 8.83.